The third-order valence-corrected chi connectivity index (χ3v) is 4.58. The smallest absolute Gasteiger partial charge is 0.136 e. The number of thioether (sulfide) groups is 1. The molecule has 0 saturated carbocycles. The van der Waals surface area contributed by atoms with Gasteiger partial charge in [0.05, 0.1) is 6.04 Å². The first-order valence-corrected chi connectivity index (χ1v) is 6.92. The second-order valence-corrected chi connectivity index (χ2v) is 5.61. The zero-order valence-corrected chi connectivity index (χ0v) is 11.1. The summed E-state index contributed by atoms with van der Waals surface area (Å²) in [4.78, 5) is 1.06. The van der Waals surface area contributed by atoms with Gasteiger partial charge in [0.25, 0.3) is 0 Å². The van der Waals surface area contributed by atoms with Gasteiger partial charge in [0.2, 0.25) is 0 Å². The van der Waals surface area contributed by atoms with Gasteiger partial charge in [-0.05, 0) is 30.7 Å². The zero-order valence-electron chi connectivity index (χ0n) is 10.2. The van der Waals surface area contributed by atoms with Crippen LogP contribution in [0.5, 0.6) is 0 Å². The van der Waals surface area contributed by atoms with Crippen LogP contribution in [0, 0.1) is 0 Å². The number of rotatable bonds is 5. The number of alkyl halides is 2. The predicted molar refractivity (Wildman–Crippen MR) is 69.6 cm³/mol. The Morgan fingerprint density at radius 1 is 1.50 bits per heavy atom. The van der Waals surface area contributed by atoms with E-state index in [4.69, 9.17) is 0 Å². The molecule has 0 bridgehead atoms. The Balaban J connectivity index is 2.37. The zero-order chi connectivity index (χ0) is 13.2. The number of benzene rings is 1. The van der Waals surface area contributed by atoms with E-state index in [1.54, 1.807) is 23.9 Å². The van der Waals surface area contributed by atoms with E-state index >= 15 is 0 Å². The summed E-state index contributed by atoms with van der Waals surface area (Å²) in [6.45, 7) is -1.83. The quantitative estimate of drug-likeness (QED) is 0.861. The van der Waals surface area contributed by atoms with E-state index in [0.717, 1.165) is 17.1 Å². The van der Waals surface area contributed by atoms with E-state index in [-0.39, 0.29) is 0 Å². The van der Waals surface area contributed by atoms with Crippen molar-refractivity contribution in [1.82, 2.24) is 5.32 Å². The molecule has 1 aromatic carbocycles. The topological polar surface area (TPSA) is 32.3 Å². The maximum atomic E-state index is 13.2. The molecule has 2 unspecified atom stereocenters. The van der Waals surface area contributed by atoms with E-state index in [1.165, 1.54) is 12.6 Å². The Hall–Kier alpha value is -0.650. The molecule has 18 heavy (non-hydrogen) atoms. The van der Waals surface area contributed by atoms with Crippen molar-refractivity contribution in [3.63, 3.8) is 0 Å². The van der Waals surface area contributed by atoms with Gasteiger partial charge in [0.15, 0.2) is 0 Å². The molecule has 1 aliphatic heterocycles. The van der Waals surface area contributed by atoms with Gasteiger partial charge in [-0.15, -0.1) is 11.8 Å². The van der Waals surface area contributed by atoms with E-state index in [1.807, 2.05) is 6.07 Å². The number of aryl methyl sites for hydroxylation is 1. The van der Waals surface area contributed by atoms with Gasteiger partial charge in [-0.3, -0.25) is 0 Å². The lowest BCUT2D eigenvalue weighted by molar-refractivity contribution is -0.0296. The molecular formula is C13H17F2NOS. The molecule has 100 valence electrons. The summed E-state index contributed by atoms with van der Waals surface area (Å²) in [5, 5.41) is 13.0. The van der Waals surface area contributed by atoms with Crippen LogP contribution in [0.3, 0.4) is 0 Å². The van der Waals surface area contributed by atoms with E-state index in [0.29, 0.717) is 5.56 Å². The van der Waals surface area contributed by atoms with Crippen LogP contribution in [0.4, 0.5) is 8.78 Å². The predicted octanol–water partition coefficient (Wildman–Crippen LogP) is 2.05. The number of hydrogen-bond acceptors (Lipinski definition) is 3. The highest BCUT2D eigenvalue weighted by molar-refractivity contribution is 7.99. The largest absolute Gasteiger partial charge is 0.381 e. The van der Waals surface area contributed by atoms with Crippen molar-refractivity contribution < 1.29 is 13.9 Å². The monoisotopic (exact) mass is 273 g/mol. The molecule has 5 heteroatoms. The fourth-order valence-electron chi connectivity index (χ4n) is 2.25. The van der Waals surface area contributed by atoms with Gasteiger partial charge >= 0.3 is 0 Å². The Kier molecular flexibility index (Phi) is 4.25. The molecule has 1 aliphatic rings. The first-order chi connectivity index (χ1) is 8.65. The summed E-state index contributed by atoms with van der Waals surface area (Å²) in [6, 6.07) is 4.44. The first kappa shape index (κ1) is 13.8. The van der Waals surface area contributed by atoms with Crippen LogP contribution in [0.2, 0.25) is 0 Å². The van der Waals surface area contributed by atoms with Crippen molar-refractivity contribution in [3.8, 4) is 0 Å². The van der Waals surface area contributed by atoms with E-state index in [9.17, 15) is 13.9 Å². The standard InChI is InChI=1S/C13H17F2NOS/c1-16-12(7-14)13(17,8-15)10-3-2-9-4-5-18-11(9)6-10/h2-3,6,12,16-17H,4-5,7-8H2,1H3. The van der Waals surface area contributed by atoms with Crippen molar-refractivity contribution in [1.29, 1.82) is 0 Å². The van der Waals surface area contributed by atoms with Crippen LogP contribution in [0.15, 0.2) is 23.1 Å². The molecule has 0 saturated heterocycles. The van der Waals surface area contributed by atoms with Crippen molar-refractivity contribution in [2.75, 3.05) is 26.1 Å². The van der Waals surface area contributed by atoms with Gasteiger partial charge in [0.1, 0.15) is 19.0 Å². The minimum absolute atomic E-state index is 0.440. The molecule has 2 rings (SSSR count). The van der Waals surface area contributed by atoms with Gasteiger partial charge in [-0.2, -0.15) is 0 Å². The van der Waals surface area contributed by atoms with Crippen LogP contribution < -0.4 is 5.32 Å². The molecule has 1 aromatic rings. The number of fused-ring (bicyclic) bond motifs is 1. The van der Waals surface area contributed by atoms with Crippen molar-refractivity contribution >= 4 is 11.8 Å². The highest BCUT2D eigenvalue weighted by Gasteiger charge is 2.38. The fourth-order valence-corrected chi connectivity index (χ4v) is 3.36. The average Bonchev–Trinajstić information content (AvgIpc) is 2.86. The molecule has 0 aromatic heterocycles. The minimum Gasteiger partial charge on any atom is -0.381 e. The maximum absolute atomic E-state index is 13.2. The third-order valence-electron chi connectivity index (χ3n) is 3.48. The molecule has 0 amide bonds. The summed E-state index contributed by atoms with van der Waals surface area (Å²) in [6.07, 6.45) is 0.993. The van der Waals surface area contributed by atoms with Crippen LogP contribution >= 0.6 is 11.8 Å². The van der Waals surface area contributed by atoms with Crippen LogP contribution in [0.25, 0.3) is 0 Å². The molecule has 2 nitrogen and oxygen atoms in total. The highest BCUT2D eigenvalue weighted by Crippen LogP contribution is 2.36. The lowest BCUT2D eigenvalue weighted by Gasteiger charge is -2.32. The molecule has 2 N–H and O–H groups in total. The van der Waals surface area contributed by atoms with Crippen molar-refractivity contribution in [3.05, 3.63) is 29.3 Å². The Bertz CT molecular complexity index is 425. The van der Waals surface area contributed by atoms with Gasteiger partial charge in [0, 0.05) is 10.6 Å². The van der Waals surface area contributed by atoms with Gasteiger partial charge in [-0.25, -0.2) is 8.78 Å². The molecular weight excluding hydrogens is 256 g/mol. The summed E-state index contributed by atoms with van der Waals surface area (Å²) in [7, 11) is 1.52. The number of aliphatic hydroxyl groups is 1. The van der Waals surface area contributed by atoms with Gasteiger partial charge in [-0.1, -0.05) is 12.1 Å². The Labute approximate surface area is 110 Å². The lowest BCUT2D eigenvalue weighted by Crippen LogP contribution is -2.50. The minimum atomic E-state index is -1.80. The molecule has 0 radical (unpaired) electrons. The van der Waals surface area contributed by atoms with Gasteiger partial charge < -0.3 is 10.4 Å². The van der Waals surface area contributed by atoms with E-state index < -0.39 is 25.0 Å². The SMILES string of the molecule is CNC(CF)C(O)(CF)c1ccc2c(c1)SCC2. The third kappa shape index (κ3) is 2.27. The normalized spacial score (nSPS) is 19.3. The first-order valence-electron chi connectivity index (χ1n) is 5.93. The van der Waals surface area contributed by atoms with E-state index in [2.05, 4.69) is 5.32 Å². The number of halogens is 2. The Morgan fingerprint density at radius 3 is 2.89 bits per heavy atom. The summed E-state index contributed by atoms with van der Waals surface area (Å²) in [5.41, 5.74) is -0.150. The molecule has 0 aliphatic carbocycles. The highest BCUT2D eigenvalue weighted by atomic mass is 32.2. The second kappa shape index (κ2) is 5.55. The molecule has 0 fully saturated rings. The number of nitrogens with one attached hydrogen (secondary N) is 1. The fraction of sp³-hybridized carbons (Fsp3) is 0.538. The van der Waals surface area contributed by atoms with Crippen LogP contribution in [-0.2, 0) is 12.0 Å². The second-order valence-electron chi connectivity index (χ2n) is 4.47. The summed E-state index contributed by atoms with van der Waals surface area (Å²) >= 11 is 1.69. The molecule has 2 atom stereocenters. The van der Waals surface area contributed by atoms with Crippen LogP contribution in [0.1, 0.15) is 11.1 Å². The van der Waals surface area contributed by atoms with Crippen molar-refractivity contribution in [2.24, 2.45) is 0 Å². The number of likely N-dealkylation sites (N-methyl/N-ethyl adjacent to an activating group) is 1. The maximum Gasteiger partial charge on any atom is 0.136 e. The molecule has 0 spiro atoms. The van der Waals surface area contributed by atoms with Crippen LogP contribution in [-0.4, -0.2) is 37.3 Å². The summed E-state index contributed by atoms with van der Waals surface area (Å²) < 4.78 is 26.1. The lowest BCUT2D eigenvalue weighted by atomic mass is 9.87. The summed E-state index contributed by atoms with van der Waals surface area (Å²) in [5.74, 6) is 1.01. The Morgan fingerprint density at radius 2 is 2.28 bits per heavy atom. The van der Waals surface area contributed by atoms with Crippen molar-refractivity contribution in [2.45, 2.75) is 23.0 Å². The average molecular weight is 273 g/mol. The number of hydrogen-bond donors (Lipinski definition) is 2. The molecule has 1 heterocycles.